The highest BCUT2D eigenvalue weighted by Gasteiger charge is 2.54. The molecule has 1 saturated heterocycles. The van der Waals surface area contributed by atoms with Crippen LogP contribution in [0.5, 0.6) is 5.75 Å². The van der Waals surface area contributed by atoms with E-state index in [1.54, 1.807) is 31.4 Å². The smallest absolute Gasteiger partial charge is 0.355 e. The zero-order valence-electron chi connectivity index (χ0n) is 18.0. The van der Waals surface area contributed by atoms with Crippen molar-refractivity contribution in [2.24, 2.45) is 0 Å². The molecule has 0 aliphatic carbocycles. The summed E-state index contributed by atoms with van der Waals surface area (Å²) in [5, 5.41) is 2.44. The Bertz CT molecular complexity index is 1070. The Labute approximate surface area is 201 Å². The molecule has 0 aromatic heterocycles. The first-order valence-corrected chi connectivity index (χ1v) is 12.0. The molecule has 0 bridgehead atoms. The van der Waals surface area contributed by atoms with Crippen LogP contribution in [0.25, 0.3) is 0 Å². The van der Waals surface area contributed by atoms with Gasteiger partial charge in [0.25, 0.3) is 5.91 Å². The van der Waals surface area contributed by atoms with Crippen molar-refractivity contribution in [2.75, 3.05) is 18.7 Å². The van der Waals surface area contributed by atoms with Crippen LogP contribution in [0.15, 0.2) is 65.9 Å². The van der Waals surface area contributed by atoms with Gasteiger partial charge in [-0.2, -0.15) is 0 Å². The maximum atomic E-state index is 12.9. The molecule has 0 saturated carbocycles. The summed E-state index contributed by atoms with van der Waals surface area (Å²) in [4.78, 5) is 39.7. The van der Waals surface area contributed by atoms with E-state index in [1.165, 1.54) is 16.7 Å². The summed E-state index contributed by atoms with van der Waals surface area (Å²) in [7, 11) is 1.58. The quantitative estimate of drug-likeness (QED) is 0.351. The minimum atomic E-state index is -0.688. The molecule has 172 valence electrons. The molecule has 33 heavy (non-hydrogen) atoms. The molecule has 2 aromatic carbocycles. The molecule has 9 heteroatoms. The van der Waals surface area contributed by atoms with Crippen molar-refractivity contribution in [2.45, 2.75) is 24.4 Å². The van der Waals surface area contributed by atoms with Crippen LogP contribution >= 0.6 is 23.4 Å². The molecule has 2 aliphatic rings. The van der Waals surface area contributed by atoms with Gasteiger partial charge in [0, 0.05) is 11.6 Å². The van der Waals surface area contributed by atoms with E-state index in [4.69, 9.17) is 21.1 Å². The molecule has 2 heterocycles. The van der Waals surface area contributed by atoms with Gasteiger partial charge in [0.2, 0.25) is 5.91 Å². The summed E-state index contributed by atoms with van der Waals surface area (Å²) in [6.45, 7) is 0.0545. The van der Waals surface area contributed by atoms with Crippen molar-refractivity contribution in [1.29, 1.82) is 0 Å². The molecule has 2 amide bonds. The van der Waals surface area contributed by atoms with Gasteiger partial charge in [-0.1, -0.05) is 42.5 Å². The van der Waals surface area contributed by atoms with Crippen molar-refractivity contribution in [3.8, 4) is 5.75 Å². The summed E-state index contributed by atoms with van der Waals surface area (Å²) in [6.07, 6.45) is 0.182. The molecule has 7 nitrogen and oxygen atoms in total. The number of nitrogens with zero attached hydrogens (tertiary/aromatic N) is 1. The van der Waals surface area contributed by atoms with Crippen LogP contribution in [0.4, 0.5) is 0 Å². The van der Waals surface area contributed by atoms with E-state index in [0.29, 0.717) is 17.1 Å². The van der Waals surface area contributed by atoms with E-state index in [2.05, 4.69) is 5.32 Å². The van der Waals surface area contributed by atoms with E-state index in [0.717, 1.165) is 11.1 Å². The van der Waals surface area contributed by atoms with Gasteiger partial charge in [-0.05, 0) is 28.8 Å². The largest absolute Gasteiger partial charge is 0.497 e. The van der Waals surface area contributed by atoms with Gasteiger partial charge in [-0.15, -0.1) is 23.4 Å². The summed E-state index contributed by atoms with van der Waals surface area (Å²) >= 11 is 7.54. The topological polar surface area (TPSA) is 84.9 Å². The lowest BCUT2D eigenvalue weighted by Gasteiger charge is -2.49. The van der Waals surface area contributed by atoms with E-state index >= 15 is 0 Å². The fraction of sp³-hybridized carbons (Fsp3) is 0.292. The number of carbonyl (C=O) groups is 3. The number of hydrogen-bond acceptors (Lipinski definition) is 6. The molecule has 0 unspecified atom stereocenters. The maximum absolute atomic E-state index is 12.9. The third-order valence-electron chi connectivity index (χ3n) is 5.45. The molecule has 2 aliphatic heterocycles. The van der Waals surface area contributed by atoms with Crippen molar-refractivity contribution in [3.05, 3.63) is 77.0 Å². The van der Waals surface area contributed by atoms with Gasteiger partial charge >= 0.3 is 5.97 Å². The first-order chi connectivity index (χ1) is 16.0. The number of β-lactam (4-membered cyclic amide) rings is 1. The Kier molecular flexibility index (Phi) is 7.25. The predicted molar refractivity (Wildman–Crippen MR) is 126 cm³/mol. The number of hydrogen-bond donors (Lipinski definition) is 1. The molecular formula is C24H23ClN2O5S. The highest BCUT2D eigenvalue weighted by molar-refractivity contribution is 8.00. The number of thioether (sulfide) groups is 1. The molecule has 2 atom stereocenters. The number of methoxy groups -OCH3 is 1. The zero-order chi connectivity index (χ0) is 23.4. The zero-order valence-corrected chi connectivity index (χ0v) is 19.5. The molecule has 0 radical (unpaired) electrons. The molecule has 4 rings (SSSR count). The number of rotatable bonds is 8. The highest BCUT2D eigenvalue weighted by atomic mass is 35.5. The number of halogens is 1. The van der Waals surface area contributed by atoms with Gasteiger partial charge in [-0.3, -0.25) is 14.5 Å². The summed E-state index contributed by atoms with van der Waals surface area (Å²) in [5.41, 5.74) is 2.47. The van der Waals surface area contributed by atoms with Crippen LogP contribution in [0.3, 0.4) is 0 Å². The normalized spacial score (nSPS) is 19.5. The third-order valence-corrected chi connectivity index (χ3v) is 7.12. The number of benzene rings is 2. The number of alkyl halides is 1. The minimum absolute atomic E-state index is 0.0545. The number of carbonyl (C=O) groups excluding carboxylic acids is 3. The first-order valence-electron chi connectivity index (χ1n) is 10.4. The maximum Gasteiger partial charge on any atom is 0.355 e. The highest BCUT2D eigenvalue weighted by Crippen LogP contribution is 2.41. The molecular weight excluding hydrogens is 464 g/mol. The van der Waals surface area contributed by atoms with Gasteiger partial charge in [0.05, 0.1) is 13.5 Å². The van der Waals surface area contributed by atoms with Gasteiger partial charge in [-0.25, -0.2) is 4.79 Å². The average molecular weight is 487 g/mol. The van der Waals surface area contributed by atoms with Crippen LogP contribution < -0.4 is 10.1 Å². The Morgan fingerprint density at radius 2 is 1.85 bits per heavy atom. The third kappa shape index (κ3) is 5.02. The van der Waals surface area contributed by atoms with Crippen LogP contribution in [0.1, 0.15) is 11.1 Å². The lowest BCUT2D eigenvalue weighted by molar-refractivity contribution is -0.153. The van der Waals surface area contributed by atoms with Crippen molar-refractivity contribution >= 4 is 41.1 Å². The van der Waals surface area contributed by atoms with E-state index < -0.39 is 12.0 Å². The first kappa shape index (κ1) is 23.2. The van der Waals surface area contributed by atoms with Crippen LogP contribution in [0.2, 0.25) is 0 Å². The van der Waals surface area contributed by atoms with E-state index in [1.807, 2.05) is 30.3 Å². The van der Waals surface area contributed by atoms with Gasteiger partial charge in [0.15, 0.2) is 0 Å². The predicted octanol–water partition coefficient (Wildman–Crippen LogP) is 2.87. The second-order valence-electron chi connectivity index (χ2n) is 7.63. The van der Waals surface area contributed by atoms with Crippen LogP contribution in [0, 0.1) is 0 Å². The average Bonchev–Trinajstić information content (AvgIpc) is 2.85. The van der Waals surface area contributed by atoms with Gasteiger partial charge < -0.3 is 14.8 Å². The number of esters is 1. The number of fused-ring (bicyclic) bond motifs is 1. The van der Waals surface area contributed by atoms with Gasteiger partial charge in [0.1, 0.15) is 29.5 Å². The monoisotopic (exact) mass is 486 g/mol. The molecule has 2 aromatic rings. The SMILES string of the molecule is COc1ccc(COC(=O)C2=C(CCl)CS[C@@H]3[C@H](NC(=O)Cc4ccccc4)C(=O)N23)cc1. The standard InChI is InChI=1S/C24H23ClN2O5S/c1-31-18-9-7-16(8-10-18)13-32-24(30)21-17(12-25)14-33-23-20(22(29)27(21)23)26-19(28)11-15-5-3-2-4-6-15/h2-10,20,23H,11-14H2,1H3,(H,26,28)/t20-,23-/m1/s1. The lowest BCUT2D eigenvalue weighted by Crippen LogP contribution is -2.70. The van der Waals surface area contributed by atoms with Crippen molar-refractivity contribution in [3.63, 3.8) is 0 Å². The second kappa shape index (κ2) is 10.3. The summed E-state index contributed by atoms with van der Waals surface area (Å²) in [6, 6.07) is 15.8. The van der Waals surface area contributed by atoms with E-state index in [-0.39, 0.29) is 41.8 Å². The van der Waals surface area contributed by atoms with Crippen LogP contribution in [-0.4, -0.2) is 52.8 Å². The summed E-state index contributed by atoms with van der Waals surface area (Å²) < 4.78 is 10.6. The molecule has 0 spiro atoms. The Balaban J connectivity index is 1.41. The van der Waals surface area contributed by atoms with Crippen molar-refractivity contribution in [1.82, 2.24) is 10.2 Å². The van der Waals surface area contributed by atoms with Crippen molar-refractivity contribution < 1.29 is 23.9 Å². The Hall–Kier alpha value is -2.97. The van der Waals surface area contributed by atoms with Crippen LogP contribution in [-0.2, 0) is 32.1 Å². The number of nitrogens with one attached hydrogen (secondary N) is 1. The number of ether oxygens (including phenoxy) is 2. The molecule has 1 fully saturated rings. The van der Waals surface area contributed by atoms with E-state index in [9.17, 15) is 14.4 Å². The lowest BCUT2D eigenvalue weighted by atomic mass is 10.0. The Morgan fingerprint density at radius 3 is 2.52 bits per heavy atom. The fourth-order valence-electron chi connectivity index (χ4n) is 3.72. The molecule has 1 N–H and O–H groups in total. The fourth-order valence-corrected chi connectivity index (χ4v) is 5.40. The second-order valence-corrected chi connectivity index (χ2v) is 9.00. The number of amides is 2. The Morgan fingerprint density at radius 1 is 1.12 bits per heavy atom. The summed E-state index contributed by atoms with van der Waals surface area (Å²) in [5.74, 6) is 0.116. The minimum Gasteiger partial charge on any atom is -0.497 e.